The number of nitrogens with two attached hydrogens (primary N) is 1. The second-order valence-corrected chi connectivity index (χ2v) is 4.41. The van der Waals surface area contributed by atoms with Gasteiger partial charge in [0.15, 0.2) is 0 Å². The Morgan fingerprint density at radius 2 is 1.70 bits per heavy atom. The monoisotopic (exact) mass is 286 g/mol. The van der Waals surface area contributed by atoms with Crippen LogP contribution in [0.4, 0.5) is 21.9 Å². The minimum absolute atomic E-state index is 0.392. The van der Waals surface area contributed by atoms with Gasteiger partial charge in [-0.05, 0) is 42.5 Å². The van der Waals surface area contributed by atoms with E-state index >= 15 is 0 Å². The molecule has 0 aliphatic carbocycles. The Morgan fingerprint density at radius 1 is 1.10 bits per heavy atom. The number of hydrogen-bond acceptors (Lipinski definition) is 3. The van der Waals surface area contributed by atoms with Crippen LogP contribution >= 0.6 is 11.6 Å². The van der Waals surface area contributed by atoms with Gasteiger partial charge < -0.3 is 16.4 Å². The number of nitrogens with one attached hydrogen (secondary N) is 2. The molecular formula is C14H11ClN4O. The molecule has 100 valence electrons. The lowest BCUT2D eigenvalue weighted by Gasteiger charge is -2.08. The number of amides is 2. The molecule has 0 saturated carbocycles. The Balaban J connectivity index is 2.01. The highest BCUT2D eigenvalue weighted by Gasteiger charge is 2.04. The molecule has 0 spiro atoms. The average molecular weight is 287 g/mol. The molecule has 2 aromatic carbocycles. The fraction of sp³-hybridized carbons (Fsp3) is 0. The number of nitrogen functional groups attached to an aromatic ring is 1. The van der Waals surface area contributed by atoms with Gasteiger partial charge in [-0.3, -0.25) is 0 Å². The van der Waals surface area contributed by atoms with Crippen LogP contribution in [0, 0.1) is 11.3 Å². The number of nitriles is 1. The SMILES string of the molecule is N#Cc1ccc(NC(=O)Nc2ccc(Cl)c(N)c2)cc1. The van der Waals surface area contributed by atoms with Crippen molar-refractivity contribution in [2.75, 3.05) is 16.4 Å². The second-order valence-electron chi connectivity index (χ2n) is 4.00. The van der Waals surface area contributed by atoms with Crippen molar-refractivity contribution in [2.24, 2.45) is 0 Å². The van der Waals surface area contributed by atoms with Crippen LogP contribution in [-0.4, -0.2) is 6.03 Å². The minimum Gasteiger partial charge on any atom is -0.397 e. The number of hydrogen-bond donors (Lipinski definition) is 3. The third kappa shape index (κ3) is 3.40. The maximum Gasteiger partial charge on any atom is 0.323 e. The highest BCUT2D eigenvalue weighted by molar-refractivity contribution is 6.33. The largest absolute Gasteiger partial charge is 0.397 e. The fourth-order valence-electron chi connectivity index (χ4n) is 1.54. The van der Waals surface area contributed by atoms with E-state index in [-0.39, 0.29) is 0 Å². The van der Waals surface area contributed by atoms with E-state index in [1.54, 1.807) is 42.5 Å². The van der Waals surface area contributed by atoms with Crippen LogP contribution in [0.25, 0.3) is 0 Å². The van der Waals surface area contributed by atoms with Gasteiger partial charge in [0, 0.05) is 11.4 Å². The van der Waals surface area contributed by atoms with Crippen molar-refractivity contribution < 1.29 is 4.79 Å². The minimum atomic E-state index is -0.406. The highest BCUT2D eigenvalue weighted by atomic mass is 35.5. The van der Waals surface area contributed by atoms with Crippen molar-refractivity contribution in [3.05, 3.63) is 53.1 Å². The van der Waals surface area contributed by atoms with Crippen LogP contribution in [0.1, 0.15) is 5.56 Å². The van der Waals surface area contributed by atoms with Crippen molar-refractivity contribution in [1.82, 2.24) is 0 Å². The Labute approximate surface area is 121 Å². The smallest absolute Gasteiger partial charge is 0.323 e. The van der Waals surface area contributed by atoms with E-state index in [0.717, 1.165) is 0 Å². The molecule has 0 heterocycles. The molecule has 2 aromatic rings. The maximum atomic E-state index is 11.8. The number of rotatable bonds is 2. The molecule has 20 heavy (non-hydrogen) atoms. The maximum absolute atomic E-state index is 11.8. The molecule has 0 unspecified atom stereocenters. The summed E-state index contributed by atoms with van der Waals surface area (Å²) in [6.07, 6.45) is 0. The number of carbonyl (C=O) groups is 1. The normalized spacial score (nSPS) is 9.60. The van der Waals surface area contributed by atoms with E-state index in [2.05, 4.69) is 10.6 Å². The molecule has 6 heteroatoms. The van der Waals surface area contributed by atoms with E-state index in [9.17, 15) is 4.79 Å². The van der Waals surface area contributed by atoms with Crippen LogP contribution < -0.4 is 16.4 Å². The summed E-state index contributed by atoms with van der Waals surface area (Å²) in [5.41, 5.74) is 7.69. The predicted molar refractivity (Wildman–Crippen MR) is 79.7 cm³/mol. The van der Waals surface area contributed by atoms with Crippen LogP contribution in [0.2, 0.25) is 5.02 Å². The molecule has 2 rings (SSSR count). The van der Waals surface area contributed by atoms with Crippen LogP contribution in [0.15, 0.2) is 42.5 Å². The highest BCUT2D eigenvalue weighted by Crippen LogP contribution is 2.22. The van der Waals surface area contributed by atoms with Crippen molar-refractivity contribution in [3.8, 4) is 6.07 Å². The summed E-state index contributed by atoms with van der Waals surface area (Å²) in [6, 6.07) is 13.0. The van der Waals surface area contributed by atoms with Gasteiger partial charge in [-0.2, -0.15) is 5.26 Å². The van der Waals surface area contributed by atoms with Gasteiger partial charge in [-0.15, -0.1) is 0 Å². The molecule has 2 amide bonds. The first-order valence-electron chi connectivity index (χ1n) is 5.71. The first-order chi connectivity index (χ1) is 9.58. The first-order valence-corrected chi connectivity index (χ1v) is 6.09. The number of nitrogens with zero attached hydrogens (tertiary/aromatic N) is 1. The van der Waals surface area contributed by atoms with E-state index in [0.29, 0.717) is 27.6 Å². The quantitative estimate of drug-likeness (QED) is 0.739. The number of anilines is 3. The zero-order valence-corrected chi connectivity index (χ0v) is 11.1. The molecule has 0 aromatic heterocycles. The lowest BCUT2D eigenvalue weighted by molar-refractivity contribution is 0.262. The van der Waals surface area contributed by atoms with Gasteiger partial charge in [-0.1, -0.05) is 11.6 Å². The summed E-state index contributed by atoms with van der Waals surface area (Å²) in [6.45, 7) is 0. The summed E-state index contributed by atoms with van der Waals surface area (Å²) in [5.74, 6) is 0. The molecule has 0 saturated heterocycles. The molecule has 5 nitrogen and oxygen atoms in total. The lowest BCUT2D eigenvalue weighted by Crippen LogP contribution is -2.19. The van der Waals surface area contributed by atoms with Crippen molar-refractivity contribution in [3.63, 3.8) is 0 Å². The molecule has 0 bridgehead atoms. The van der Waals surface area contributed by atoms with Gasteiger partial charge in [-0.25, -0.2) is 4.79 Å². The lowest BCUT2D eigenvalue weighted by atomic mass is 10.2. The second kappa shape index (κ2) is 5.95. The van der Waals surface area contributed by atoms with E-state index in [1.165, 1.54) is 0 Å². The predicted octanol–water partition coefficient (Wildman–Crippen LogP) is 3.44. The molecule has 0 aliphatic heterocycles. The summed E-state index contributed by atoms with van der Waals surface area (Å²) in [4.78, 5) is 11.8. The van der Waals surface area contributed by atoms with Crippen LogP contribution in [0.3, 0.4) is 0 Å². The topological polar surface area (TPSA) is 90.9 Å². The van der Waals surface area contributed by atoms with E-state index in [1.807, 2.05) is 6.07 Å². The standard InChI is InChI=1S/C14H11ClN4O/c15-12-6-5-11(7-13(12)17)19-14(20)18-10-3-1-9(8-16)2-4-10/h1-7H,17H2,(H2,18,19,20). The Morgan fingerprint density at radius 3 is 2.30 bits per heavy atom. The zero-order chi connectivity index (χ0) is 14.5. The van der Waals surface area contributed by atoms with E-state index in [4.69, 9.17) is 22.6 Å². The number of carbonyl (C=O) groups excluding carboxylic acids is 1. The summed E-state index contributed by atoms with van der Waals surface area (Å²) in [7, 11) is 0. The van der Waals surface area contributed by atoms with E-state index < -0.39 is 6.03 Å². The first kappa shape index (κ1) is 13.7. The van der Waals surface area contributed by atoms with Crippen LogP contribution in [0.5, 0.6) is 0 Å². The number of benzene rings is 2. The Kier molecular flexibility index (Phi) is 4.08. The molecule has 4 N–H and O–H groups in total. The molecule has 0 radical (unpaired) electrons. The molecular weight excluding hydrogens is 276 g/mol. The zero-order valence-electron chi connectivity index (χ0n) is 10.4. The van der Waals surface area contributed by atoms with Crippen molar-refractivity contribution in [2.45, 2.75) is 0 Å². The Bertz CT molecular complexity index is 677. The Hall–Kier alpha value is -2.71. The number of urea groups is 1. The van der Waals surface area contributed by atoms with Gasteiger partial charge in [0.2, 0.25) is 0 Å². The molecule has 0 aliphatic rings. The number of halogens is 1. The molecule has 0 fully saturated rings. The van der Waals surface area contributed by atoms with Crippen molar-refractivity contribution in [1.29, 1.82) is 5.26 Å². The third-order valence-corrected chi connectivity index (χ3v) is 2.87. The van der Waals surface area contributed by atoms with Gasteiger partial charge in [0.25, 0.3) is 0 Å². The summed E-state index contributed by atoms with van der Waals surface area (Å²) >= 11 is 5.80. The van der Waals surface area contributed by atoms with Gasteiger partial charge in [0.05, 0.1) is 22.3 Å². The van der Waals surface area contributed by atoms with Gasteiger partial charge >= 0.3 is 6.03 Å². The van der Waals surface area contributed by atoms with Crippen molar-refractivity contribution >= 4 is 34.7 Å². The third-order valence-electron chi connectivity index (χ3n) is 2.53. The summed E-state index contributed by atoms with van der Waals surface area (Å²) in [5, 5.41) is 14.4. The summed E-state index contributed by atoms with van der Waals surface area (Å²) < 4.78 is 0. The fourth-order valence-corrected chi connectivity index (χ4v) is 1.66. The van der Waals surface area contributed by atoms with Gasteiger partial charge in [0.1, 0.15) is 0 Å². The molecule has 0 atom stereocenters. The average Bonchev–Trinajstić information content (AvgIpc) is 2.44. The van der Waals surface area contributed by atoms with Crippen LogP contribution in [-0.2, 0) is 0 Å².